The van der Waals surface area contributed by atoms with Gasteiger partial charge in [-0.25, -0.2) is 15.0 Å². The van der Waals surface area contributed by atoms with Crippen LogP contribution in [0.25, 0.3) is 11.5 Å². The lowest BCUT2D eigenvalue weighted by atomic mass is 10.4. The van der Waals surface area contributed by atoms with E-state index in [9.17, 15) is 0 Å². The molecular weight excluding hydrogens is 317 g/mol. The van der Waals surface area contributed by atoms with E-state index >= 15 is 0 Å². The quantitative estimate of drug-likeness (QED) is 0.874. The first-order valence-corrected chi connectivity index (χ1v) is 5.92. The molecule has 16 heavy (non-hydrogen) atoms. The van der Waals surface area contributed by atoms with Crippen LogP contribution in [0, 0.1) is 3.57 Å². The van der Waals surface area contributed by atoms with Crippen LogP contribution in [-0.4, -0.2) is 26.5 Å². The predicted molar refractivity (Wildman–Crippen MR) is 69.9 cm³/mol. The van der Waals surface area contributed by atoms with Crippen LogP contribution < -0.4 is 5.32 Å². The number of hydrogen-bond donors (Lipinski definition) is 1. The minimum absolute atomic E-state index is 0.587. The van der Waals surface area contributed by atoms with Crippen LogP contribution >= 0.6 is 22.6 Å². The van der Waals surface area contributed by atoms with Crippen molar-refractivity contribution in [3.05, 3.63) is 28.4 Å². The summed E-state index contributed by atoms with van der Waals surface area (Å²) in [5.41, 5.74) is 0.679. The van der Waals surface area contributed by atoms with Crippen molar-refractivity contribution in [2.24, 2.45) is 0 Å². The Hall–Kier alpha value is -1.31. The van der Waals surface area contributed by atoms with Gasteiger partial charge in [-0.05, 0) is 29.5 Å². The molecule has 0 unspecified atom stereocenters. The van der Waals surface area contributed by atoms with Crippen LogP contribution in [0.5, 0.6) is 0 Å². The minimum atomic E-state index is 0.587. The maximum atomic E-state index is 4.40. The molecule has 0 aliphatic heterocycles. The van der Waals surface area contributed by atoms with Gasteiger partial charge in [0.05, 0.1) is 9.77 Å². The highest BCUT2D eigenvalue weighted by atomic mass is 127. The summed E-state index contributed by atoms with van der Waals surface area (Å²) in [6.07, 6.45) is 6.68. The summed E-state index contributed by atoms with van der Waals surface area (Å²) < 4.78 is 0.993. The molecule has 82 valence electrons. The van der Waals surface area contributed by atoms with Crippen LogP contribution in [0.2, 0.25) is 0 Å². The molecule has 6 heteroatoms. The van der Waals surface area contributed by atoms with Crippen molar-refractivity contribution in [3.8, 4) is 11.5 Å². The van der Waals surface area contributed by atoms with E-state index in [1.54, 1.807) is 24.8 Å². The van der Waals surface area contributed by atoms with E-state index in [0.29, 0.717) is 11.5 Å². The van der Waals surface area contributed by atoms with Gasteiger partial charge in [-0.2, -0.15) is 0 Å². The van der Waals surface area contributed by atoms with Gasteiger partial charge in [0.2, 0.25) is 0 Å². The van der Waals surface area contributed by atoms with Gasteiger partial charge in [-0.1, -0.05) is 0 Å². The zero-order chi connectivity index (χ0) is 11.4. The fourth-order valence-electron chi connectivity index (χ4n) is 1.20. The van der Waals surface area contributed by atoms with Crippen molar-refractivity contribution < 1.29 is 0 Å². The maximum Gasteiger partial charge on any atom is 0.181 e. The molecular formula is C10H10IN5. The Labute approximate surface area is 107 Å². The maximum absolute atomic E-state index is 4.40. The summed E-state index contributed by atoms with van der Waals surface area (Å²) in [5.74, 6) is 1.42. The Morgan fingerprint density at radius 3 is 2.81 bits per heavy atom. The van der Waals surface area contributed by atoms with Gasteiger partial charge in [-0.3, -0.25) is 4.98 Å². The van der Waals surface area contributed by atoms with Crippen LogP contribution in [0.1, 0.15) is 6.92 Å². The van der Waals surface area contributed by atoms with Gasteiger partial charge in [0, 0.05) is 25.1 Å². The Kier molecular flexibility index (Phi) is 3.60. The topological polar surface area (TPSA) is 63.6 Å². The fraction of sp³-hybridized carbons (Fsp3) is 0.200. The highest BCUT2D eigenvalue weighted by Crippen LogP contribution is 2.18. The van der Waals surface area contributed by atoms with Crippen LogP contribution in [0.3, 0.4) is 0 Å². The lowest BCUT2D eigenvalue weighted by Gasteiger charge is -2.06. The Balaban J connectivity index is 2.40. The molecule has 2 aromatic rings. The van der Waals surface area contributed by atoms with Gasteiger partial charge >= 0.3 is 0 Å². The lowest BCUT2D eigenvalue weighted by Crippen LogP contribution is -2.04. The fourth-order valence-corrected chi connectivity index (χ4v) is 1.65. The first-order chi connectivity index (χ1) is 7.81. The molecule has 2 rings (SSSR count). The minimum Gasteiger partial charge on any atom is -0.369 e. The highest BCUT2D eigenvalue weighted by Gasteiger charge is 2.06. The Morgan fingerprint density at radius 1 is 1.25 bits per heavy atom. The number of rotatable bonds is 3. The number of nitrogens with one attached hydrogen (secondary N) is 1. The van der Waals surface area contributed by atoms with E-state index in [0.717, 1.165) is 15.9 Å². The summed E-state index contributed by atoms with van der Waals surface area (Å²) in [6.45, 7) is 2.85. The summed E-state index contributed by atoms with van der Waals surface area (Å²) in [6, 6.07) is 0. The first-order valence-electron chi connectivity index (χ1n) is 4.84. The zero-order valence-electron chi connectivity index (χ0n) is 8.68. The van der Waals surface area contributed by atoms with Crippen molar-refractivity contribution in [1.29, 1.82) is 0 Å². The molecule has 0 bridgehead atoms. The molecule has 5 nitrogen and oxygen atoms in total. The molecule has 0 saturated carbocycles. The highest BCUT2D eigenvalue weighted by molar-refractivity contribution is 14.1. The number of anilines is 1. The van der Waals surface area contributed by atoms with Gasteiger partial charge in [0.15, 0.2) is 5.82 Å². The van der Waals surface area contributed by atoms with Crippen molar-refractivity contribution in [3.63, 3.8) is 0 Å². The number of nitrogens with zero attached hydrogens (tertiary/aromatic N) is 4. The third-order valence-electron chi connectivity index (χ3n) is 1.88. The molecule has 1 N–H and O–H groups in total. The van der Waals surface area contributed by atoms with E-state index in [4.69, 9.17) is 0 Å². The molecule has 0 aliphatic rings. The van der Waals surface area contributed by atoms with E-state index in [1.807, 2.05) is 6.92 Å². The molecule has 0 atom stereocenters. The molecule has 0 aliphatic carbocycles. The first kappa shape index (κ1) is 11.2. The van der Waals surface area contributed by atoms with Crippen LogP contribution in [-0.2, 0) is 0 Å². The van der Waals surface area contributed by atoms with Gasteiger partial charge in [0.25, 0.3) is 0 Å². The molecule has 0 amide bonds. The molecule has 2 heterocycles. The summed E-state index contributed by atoms with van der Waals surface area (Å²) in [7, 11) is 0. The van der Waals surface area contributed by atoms with Gasteiger partial charge in [-0.15, -0.1) is 0 Å². The number of halogens is 1. The second-order valence-electron chi connectivity index (χ2n) is 3.01. The summed E-state index contributed by atoms with van der Waals surface area (Å²) in [5, 5.41) is 3.18. The third-order valence-corrected chi connectivity index (χ3v) is 2.67. The predicted octanol–water partition coefficient (Wildman–Crippen LogP) is 1.97. The van der Waals surface area contributed by atoms with Crippen molar-refractivity contribution in [2.75, 3.05) is 11.9 Å². The van der Waals surface area contributed by atoms with Crippen molar-refractivity contribution in [1.82, 2.24) is 19.9 Å². The molecule has 0 radical (unpaired) electrons. The Morgan fingerprint density at radius 2 is 2.12 bits per heavy atom. The summed E-state index contributed by atoms with van der Waals surface area (Å²) >= 11 is 2.20. The average Bonchev–Trinajstić information content (AvgIpc) is 2.33. The molecule has 0 saturated heterocycles. The smallest absolute Gasteiger partial charge is 0.181 e. The molecule has 0 aromatic carbocycles. The van der Waals surface area contributed by atoms with E-state index in [-0.39, 0.29) is 0 Å². The van der Waals surface area contributed by atoms with Gasteiger partial charge < -0.3 is 5.32 Å². The zero-order valence-corrected chi connectivity index (χ0v) is 10.8. The lowest BCUT2D eigenvalue weighted by molar-refractivity contribution is 1.08. The molecule has 0 spiro atoms. The van der Waals surface area contributed by atoms with Gasteiger partial charge in [0.1, 0.15) is 11.5 Å². The average molecular weight is 327 g/mol. The Bertz CT molecular complexity index is 474. The normalized spacial score (nSPS) is 10.1. The van der Waals surface area contributed by atoms with Crippen molar-refractivity contribution >= 4 is 28.4 Å². The molecule has 2 aromatic heterocycles. The molecule has 0 fully saturated rings. The second-order valence-corrected chi connectivity index (χ2v) is 4.17. The van der Waals surface area contributed by atoms with Crippen LogP contribution in [0.15, 0.2) is 24.8 Å². The largest absolute Gasteiger partial charge is 0.369 e. The second kappa shape index (κ2) is 5.15. The van der Waals surface area contributed by atoms with E-state index in [1.165, 1.54) is 0 Å². The van der Waals surface area contributed by atoms with Crippen molar-refractivity contribution in [2.45, 2.75) is 6.92 Å². The van der Waals surface area contributed by atoms with E-state index in [2.05, 4.69) is 47.8 Å². The monoisotopic (exact) mass is 327 g/mol. The summed E-state index contributed by atoms with van der Waals surface area (Å²) in [4.78, 5) is 16.8. The standard InChI is InChI=1S/C10H10IN5/c1-2-13-9-7(11)5-15-10(16-9)8-6-12-3-4-14-8/h3-6H,2H2,1H3,(H,13,15,16). The number of hydrogen-bond acceptors (Lipinski definition) is 5. The number of aromatic nitrogens is 4. The SMILES string of the molecule is CCNc1nc(-c2cnccn2)ncc1I. The van der Waals surface area contributed by atoms with E-state index < -0.39 is 0 Å². The third kappa shape index (κ3) is 2.43. The van der Waals surface area contributed by atoms with Crippen LogP contribution in [0.4, 0.5) is 5.82 Å².